The molecule has 0 heterocycles. The predicted octanol–water partition coefficient (Wildman–Crippen LogP) is 4.21. The van der Waals surface area contributed by atoms with E-state index in [0.29, 0.717) is 24.9 Å². The number of nitrogens with zero attached hydrogens (tertiary/aromatic N) is 3. The van der Waals surface area contributed by atoms with Gasteiger partial charge in [0.05, 0.1) is 15.6 Å². The smallest absolute Gasteiger partial charge is 0.271 e. The van der Waals surface area contributed by atoms with Crippen LogP contribution in [0.4, 0.5) is 11.4 Å². The lowest BCUT2D eigenvalue weighted by Gasteiger charge is -2.25. The van der Waals surface area contributed by atoms with Gasteiger partial charge in [-0.05, 0) is 17.9 Å². The first kappa shape index (κ1) is 21.5. The first-order chi connectivity index (χ1) is 12.1. The summed E-state index contributed by atoms with van der Waals surface area (Å²) in [6.07, 6.45) is 1.53. The van der Waals surface area contributed by atoms with Gasteiger partial charge in [0.2, 0.25) is 0 Å². The zero-order chi connectivity index (χ0) is 19.9. The Balaban J connectivity index is 3.06. The number of nitro benzene ring substituents is 1. The number of halogens is 1. The Kier molecular flexibility index (Phi) is 8.07. The van der Waals surface area contributed by atoms with Gasteiger partial charge < -0.3 is 10.2 Å². The summed E-state index contributed by atoms with van der Waals surface area (Å²) in [6.45, 7) is 9.61. The second-order valence-electron chi connectivity index (χ2n) is 6.77. The van der Waals surface area contributed by atoms with Gasteiger partial charge in [-0.1, -0.05) is 39.3 Å². The van der Waals surface area contributed by atoms with Crippen LogP contribution in [0.25, 0.3) is 0 Å². The summed E-state index contributed by atoms with van der Waals surface area (Å²) < 4.78 is 0. The Hall–Kier alpha value is -2.59. The second-order valence-corrected chi connectivity index (χ2v) is 7.18. The van der Waals surface area contributed by atoms with E-state index >= 15 is 0 Å². The molecule has 0 aliphatic heterocycles. The van der Waals surface area contributed by atoms with Crippen molar-refractivity contribution in [3.63, 3.8) is 0 Å². The van der Waals surface area contributed by atoms with Crippen LogP contribution in [0, 0.1) is 33.3 Å². The zero-order valence-electron chi connectivity index (χ0n) is 15.3. The fourth-order valence-electron chi connectivity index (χ4n) is 2.35. The Morgan fingerprint density at radius 3 is 2.38 bits per heavy atom. The molecule has 0 fully saturated rings. The number of hydrogen-bond donors (Lipinski definition) is 1. The van der Waals surface area contributed by atoms with E-state index in [1.807, 2.05) is 11.0 Å². The van der Waals surface area contributed by atoms with E-state index < -0.39 is 10.8 Å². The summed E-state index contributed by atoms with van der Waals surface area (Å²) in [5.74, 6) is 0.0610. The normalized spacial score (nSPS) is 11.4. The average Bonchev–Trinajstić information content (AvgIpc) is 2.52. The fourth-order valence-corrected chi connectivity index (χ4v) is 2.52. The minimum atomic E-state index is -0.660. The predicted molar refractivity (Wildman–Crippen MR) is 102 cm³/mol. The third-order valence-electron chi connectivity index (χ3n) is 3.29. The quantitative estimate of drug-likeness (QED) is 0.316. The molecule has 0 spiro atoms. The molecule has 7 nitrogen and oxygen atoms in total. The molecule has 1 aromatic rings. The van der Waals surface area contributed by atoms with E-state index in [1.54, 1.807) is 0 Å². The minimum absolute atomic E-state index is 0.0890. The van der Waals surface area contributed by atoms with Crippen molar-refractivity contribution in [1.82, 2.24) is 4.90 Å². The molecule has 0 aliphatic rings. The van der Waals surface area contributed by atoms with Crippen molar-refractivity contribution >= 4 is 28.9 Å². The fraction of sp³-hybridized carbons (Fsp3) is 0.444. The molecule has 1 aromatic carbocycles. The standard InChI is InChI=1S/C18H23ClN4O3/c1-12(2)9-22(10-13(3)4)11-14(8-20)18(24)21-17-7-15(23(25)26)5-6-16(17)19/h5-7,11-13H,9-10H2,1-4H3,(H,21,24)/b14-11-. The van der Waals surface area contributed by atoms with Gasteiger partial charge >= 0.3 is 0 Å². The Bertz CT molecular complexity index is 728. The van der Waals surface area contributed by atoms with Crippen LogP contribution < -0.4 is 5.32 Å². The van der Waals surface area contributed by atoms with Crippen molar-refractivity contribution in [2.45, 2.75) is 27.7 Å². The lowest BCUT2D eigenvalue weighted by Crippen LogP contribution is -2.28. The number of benzene rings is 1. The highest BCUT2D eigenvalue weighted by atomic mass is 35.5. The van der Waals surface area contributed by atoms with Crippen molar-refractivity contribution in [3.8, 4) is 6.07 Å². The van der Waals surface area contributed by atoms with Gasteiger partial charge in [0.15, 0.2) is 0 Å². The first-order valence-electron chi connectivity index (χ1n) is 8.25. The zero-order valence-corrected chi connectivity index (χ0v) is 16.1. The number of carbonyl (C=O) groups excluding carboxylic acids is 1. The maximum Gasteiger partial charge on any atom is 0.271 e. The van der Waals surface area contributed by atoms with Gasteiger partial charge in [0.25, 0.3) is 11.6 Å². The van der Waals surface area contributed by atoms with Crippen LogP contribution in [0.15, 0.2) is 30.0 Å². The SMILES string of the molecule is CC(C)CN(/C=C(/C#N)C(=O)Nc1cc([N+](=O)[O-])ccc1Cl)CC(C)C. The number of hydrogen-bond acceptors (Lipinski definition) is 5. The highest BCUT2D eigenvalue weighted by Crippen LogP contribution is 2.27. The number of rotatable bonds is 8. The van der Waals surface area contributed by atoms with Gasteiger partial charge in [0.1, 0.15) is 11.6 Å². The van der Waals surface area contributed by atoms with Crippen molar-refractivity contribution in [2.24, 2.45) is 11.8 Å². The van der Waals surface area contributed by atoms with E-state index in [2.05, 4.69) is 33.0 Å². The van der Waals surface area contributed by atoms with Crippen molar-refractivity contribution in [1.29, 1.82) is 5.26 Å². The maximum atomic E-state index is 12.4. The minimum Gasteiger partial charge on any atom is -0.376 e. The molecule has 8 heteroatoms. The lowest BCUT2D eigenvalue weighted by atomic mass is 10.1. The largest absolute Gasteiger partial charge is 0.376 e. The monoisotopic (exact) mass is 378 g/mol. The topological polar surface area (TPSA) is 99.3 Å². The molecule has 0 bridgehead atoms. The van der Waals surface area contributed by atoms with Crippen LogP contribution in [0.3, 0.4) is 0 Å². The molecular weight excluding hydrogens is 356 g/mol. The van der Waals surface area contributed by atoms with Crippen molar-refractivity contribution in [3.05, 3.63) is 45.1 Å². The molecule has 1 N–H and O–H groups in total. The molecular formula is C18H23ClN4O3. The molecule has 140 valence electrons. The molecule has 0 radical (unpaired) electrons. The molecule has 1 rings (SSSR count). The van der Waals surface area contributed by atoms with Crippen LogP contribution in [0.2, 0.25) is 5.02 Å². The molecule has 0 saturated heterocycles. The van der Waals surface area contributed by atoms with Crippen LogP contribution in [0.5, 0.6) is 0 Å². The number of carbonyl (C=O) groups is 1. The maximum absolute atomic E-state index is 12.4. The molecule has 1 amide bonds. The summed E-state index contributed by atoms with van der Waals surface area (Å²) in [6, 6.07) is 5.62. The summed E-state index contributed by atoms with van der Waals surface area (Å²) in [4.78, 5) is 24.6. The van der Waals surface area contributed by atoms with E-state index in [9.17, 15) is 20.2 Å². The van der Waals surface area contributed by atoms with Gasteiger partial charge in [-0.3, -0.25) is 14.9 Å². The van der Waals surface area contributed by atoms with E-state index in [4.69, 9.17) is 11.6 Å². The third kappa shape index (κ3) is 6.73. The average molecular weight is 379 g/mol. The third-order valence-corrected chi connectivity index (χ3v) is 3.61. The van der Waals surface area contributed by atoms with E-state index in [-0.39, 0.29) is 22.0 Å². The molecule has 0 saturated carbocycles. The van der Waals surface area contributed by atoms with Crippen LogP contribution in [-0.2, 0) is 4.79 Å². The molecule has 0 aliphatic carbocycles. The Morgan fingerprint density at radius 1 is 1.35 bits per heavy atom. The number of nitro groups is 1. The lowest BCUT2D eigenvalue weighted by molar-refractivity contribution is -0.384. The van der Waals surface area contributed by atoms with Gasteiger partial charge in [-0.25, -0.2) is 0 Å². The molecule has 0 unspecified atom stereocenters. The van der Waals surface area contributed by atoms with Gasteiger partial charge in [-0.15, -0.1) is 0 Å². The summed E-state index contributed by atoms with van der Waals surface area (Å²) in [5.41, 5.74) is -0.200. The van der Waals surface area contributed by atoms with Crippen LogP contribution in [-0.4, -0.2) is 28.8 Å². The van der Waals surface area contributed by atoms with Crippen LogP contribution >= 0.6 is 11.6 Å². The van der Waals surface area contributed by atoms with Gasteiger partial charge in [-0.2, -0.15) is 5.26 Å². The number of non-ortho nitro benzene ring substituents is 1. The highest BCUT2D eigenvalue weighted by Gasteiger charge is 2.16. The van der Waals surface area contributed by atoms with Crippen molar-refractivity contribution < 1.29 is 9.72 Å². The second kappa shape index (κ2) is 9.78. The number of nitriles is 1. The Labute approximate surface area is 158 Å². The number of amides is 1. The number of anilines is 1. The number of nitrogens with one attached hydrogen (secondary N) is 1. The van der Waals surface area contributed by atoms with E-state index in [1.165, 1.54) is 18.3 Å². The highest BCUT2D eigenvalue weighted by molar-refractivity contribution is 6.34. The summed E-state index contributed by atoms with van der Waals surface area (Å²) in [5, 5.41) is 22.9. The molecule has 0 atom stereocenters. The molecule has 26 heavy (non-hydrogen) atoms. The van der Waals surface area contributed by atoms with Crippen molar-refractivity contribution in [2.75, 3.05) is 18.4 Å². The Morgan fingerprint density at radius 2 is 1.92 bits per heavy atom. The summed E-state index contributed by atoms with van der Waals surface area (Å²) >= 11 is 5.99. The van der Waals surface area contributed by atoms with E-state index in [0.717, 1.165) is 6.07 Å². The van der Waals surface area contributed by atoms with Crippen LogP contribution in [0.1, 0.15) is 27.7 Å². The van der Waals surface area contributed by atoms with Gasteiger partial charge in [0, 0.05) is 31.4 Å². The first-order valence-corrected chi connectivity index (χ1v) is 8.63. The summed E-state index contributed by atoms with van der Waals surface area (Å²) in [7, 11) is 0. The molecule has 0 aromatic heterocycles.